The topological polar surface area (TPSA) is 51.2 Å². The molecule has 3 aliphatic heterocycles. The molecule has 0 aromatic heterocycles. The van der Waals surface area contributed by atoms with Gasteiger partial charge in [0, 0.05) is 48.9 Å². The standard InChI is InChI=1S/C25H30N2O4/c1-29-22-6-2-4-18(14-22)25(28)19-5-3-11-27(16-19)20-9-12-26(13-10-20)21-7-8-23-24(15-21)31-17-30-23/h2,4,6-8,14-15,19-20H,3,5,9-13,16-17H2,1H3/t19-/m0/s1. The Morgan fingerprint density at radius 2 is 1.84 bits per heavy atom. The number of nitrogens with zero attached hydrogens (tertiary/aromatic N) is 2. The Morgan fingerprint density at radius 1 is 1.00 bits per heavy atom. The molecule has 6 nitrogen and oxygen atoms in total. The molecule has 2 fully saturated rings. The summed E-state index contributed by atoms with van der Waals surface area (Å²) in [6.07, 6.45) is 4.30. The van der Waals surface area contributed by atoms with E-state index in [4.69, 9.17) is 14.2 Å². The van der Waals surface area contributed by atoms with Crippen LogP contribution in [0.15, 0.2) is 42.5 Å². The summed E-state index contributed by atoms with van der Waals surface area (Å²) in [6.45, 7) is 4.32. The molecule has 6 heteroatoms. The van der Waals surface area contributed by atoms with Gasteiger partial charge >= 0.3 is 0 Å². The van der Waals surface area contributed by atoms with Crippen LogP contribution in [0.5, 0.6) is 17.2 Å². The second kappa shape index (κ2) is 8.79. The summed E-state index contributed by atoms with van der Waals surface area (Å²) < 4.78 is 16.3. The molecule has 0 N–H and O–H groups in total. The van der Waals surface area contributed by atoms with E-state index < -0.39 is 0 Å². The normalized spacial score (nSPS) is 21.8. The molecule has 2 saturated heterocycles. The average molecular weight is 423 g/mol. The number of carbonyl (C=O) groups excluding carboxylic acids is 1. The molecule has 164 valence electrons. The first-order chi connectivity index (χ1) is 15.2. The summed E-state index contributed by atoms with van der Waals surface area (Å²) in [6, 6.07) is 14.3. The molecule has 0 radical (unpaired) electrons. The lowest BCUT2D eigenvalue weighted by Crippen LogP contribution is -2.49. The highest BCUT2D eigenvalue weighted by atomic mass is 16.7. The lowest BCUT2D eigenvalue weighted by molar-refractivity contribution is 0.0719. The minimum atomic E-state index is 0.0766. The first-order valence-corrected chi connectivity index (χ1v) is 11.3. The van der Waals surface area contributed by atoms with Crippen LogP contribution in [-0.2, 0) is 0 Å². The van der Waals surface area contributed by atoms with Crippen molar-refractivity contribution in [2.45, 2.75) is 31.7 Å². The van der Waals surface area contributed by atoms with Crippen LogP contribution in [0.3, 0.4) is 0 Å². The van der Waals surface area contributed by atoms with Crippen molar-refractivity contribution < 1.29 is 19.0 Å². The highest BCUT2D eigenvalue weighted by molar-refractivity contribution is 5.98. The zero-order chi connectivity index (χ0) is 21.2. The molecule has 0 aliphatic carbocycles. The number of benzene rings is 2. The van der Waals surface area contributed by atoms with E-state index in [0.29, 0.717) is 12.8 Å². The first kappa shape index (κ1) is 20.2. The highest BCUT2D eigenvalue weighted by Gasteiger charge is 2.32. The monoisotopic (exact) mass is 422 g/mol. The number of hydrogen-bond donors (Lipinski definition) is 0. The molecule has 1 atom stereocenters. The second-order valence-corrected chi connectivity index (χ2v) is 8.69. The van der Waals surface area contributed by atoms with Gasteiger partial charge < -0.3 is 19.1 Å². The van der Waals surface area contributed by atoms with Gasteiger partial charge in [-0.25, -0.2) is 0 Å². The van der Waals surface area contributed by atoms with Crippen molar-refractivity contribution in [2.24, 2.45) is 5.92 Å². The smallest absolute Gasteiger partial charge is 0.231 e. The van der Waals surface area contributed by atoms with E-state index >= 15 is 0 Å². The van der Waals surface area contributed by atoms with Gasteiger partial charge in [0.1, 0.15) is 5.75 Å². The summed E-state index contributed by atoms with van der Waals surface area (Å²) in [5, 5.41) is 0. The van der Waals surface area contributed by atoms with Gasteiger partial charge in [-0.1, -0.05) is 12.1 Å². The number of fused-ring (bicyclic) bond motifs is 1. The van der Waals surface area contributed by atoms with Crippen LogP contribution in [0.1, 0.15) is 36.0 Å². The Bertz CT molecular complexity index is 939. The van der Waals surface area contributed by atoms with E-state index in [1.165, 1.54) is 5.69 Å². The lowest BCUT2D eigenvalue weighted by atomic mass is 9.88. The summed E-state index contributed by atoms with van der Waals surface area (Å²) in [7, 11) is 1.64. The van der Waals surface area contributed by atoms with Gasteiger partial charge in [0.15, 0.2) is 17.3 Å². The zero-order valence-electron chi connectivity index (χ0n) is 18.1. The number of methoxy groups -OCH3 is 1. The molecule has 0 unspecified atom stereocenters. The van der Waals surface area contributed by atoms with Gasteiger partial charge in [-0.05, 0) is 56.5 Å². The van der Waals surface area contributed by atoms with Crippen molar-refractivity contribution in [1.29, 1.82) is 0 Å². The van der Waals surface area contributed by atoms with E-state index in [0.717, 1.165) is 74.7 Å². The van der Waals surface area contributed by atoms with E-state index in [2.05, 4.69) is 21.9 Å². The maximum atomic E-state index is 13.1. The molecule has 2 aromatic rings. The van der Waals surface area contributed by atoms with Crippen LogP contribution in [0.25, 0.3) is 0 Å². The Morgan fingerprint density at radius 3 is 2.68 bits per heavy atom. The fourth-order valence-electron chi connectivity index (χ4n) is 5.14. The maximum absolute atomic E-state index is 13.1. The minimum Gasteiger partial charge on any atom is -0.497 e. The largest absolute Gasteiger partial charge is 0.497 e. The molecule has 0 amide bonds. The van der Waals surface area contributed by atoms with Crippen LogP contribution < -0.4 is 19.1 Å². The number of likely N-dealkylation sites (tertiary alicyclic amines) is 1. The SMILES string of the molecule is COc1cccc(C(=O)[C@H]2CCCN(C3CCN(c4ccc5c(c4)OCO5)CC3)C2)c1. The average Bonchev–Trinajstić information content (AvgIpc) is 3.32. The molecule has 2 aromatic carbocycles. The molecular formula is C25H30N2O4. The Balaban J connectivity index is 1.19. The third-order valence-corrected chi connectivity index (χ3v) is 6.88. The minimum absolute atomic E-state index is 0.0766. The van der Waals surface area contributed by atoms with Crippen LogP contribution in [0.4, 0.5) is 5.69 Å². The molecule has 31 heavy (non-hydrogen) atoms. The van der Waals surface area contributed by atoms with E-state index in [-0.39, 0.29) is 11.7 Å². The van der Waals surface area contributed by atoms with Crippen molar-refractivity contribution in [1.82, 2.24) is 4.90 Å². The van der Waals surface area contributed by atoms with E-state index in [1.807, 2.05) is 30.3 Å². The summed E-state index contributed by atoms with van der Waals surface area (Å²) in [5.41, 5.74) is 1.97. The van der Waals surface area contributed by atoms with Crippen LogP contribution in [-0.4, -0.2) is 56.8 Å². The number of hydrogen-bond acceptors (Lipinski definition) is 6. The first-order valence-electron chi connectivity index (χ1n) is 11.3. The molecule has 5 rings (SSSR count). The van der Waals surface area contributed by atoms with Gasteiger partial charge in [-0.3, -0.25) is 9.69 Å². The third-order valence-electron chi connectivity index (χ3n) is 6.88. The van der Waals surface area contributed by atoms with Gasteiger partial charge in [-0.15, -0.1) is 0 Å². The molecule has 0 bridgehead atoms. The molecule has 0 saturated carbocycles. The van der Waals surface area contributed by atoms with Crippen molar-refractivity contribution in [3.05, 3.63) is 48.0 Å². The Kier molecular flexibility index (Phi) is 5.72. The summed E-state index contributed by atoms with van der Waals surface area (Å²) in [5.74, 6) is 2.75. The Labute approximate surface area is 183 Å². The van der Waals surface area contributed by atoms with Gasteiger partial charge in [0.25, 0.3) is 0 Å². The quantitative estimate of drug-likeness (QED) is 0.680. The number of ether oxygens (including phenoxy) is 3. The number of Topliss-reactive ketones (excluding diaryl/α,β-unsaturated/α-hetero) is 1. The van der Waals surface area contributed by atoms with E-state index in [9.17, 15) is 4.79 Å². The number of carbonyl (C=O) groups is 1. The van der Waals surface area contributed by atoms with E-state index in [1.54, 1.807) is 7.11 Å². The summed E-state index contributed by atoms with van der Waals surface area (Å²) >= 11 is 0. The predicted molar refractivity (Wildman–Crippen MR) is 119 cm³/mol. The van der Waals surface area contributed by atoms with Gasteiger partial charge in [0.2, 0.25) is 6.79 Å². The van der Waals surface area contributed by atoms with Crippen molar-refractivity contribution in [2.75, 3.05) is 45.0 Å². The predicted octanol–water partition coefficient (Wildman–Crippen LogP) is 3.99. The van der Waals surface area contributed by atoms with Gasteiger partial charge in [-0.2, -0.15) is 0 Å². The molecule has 3 aliphatic rings. The molecule has 3 heterocycles. The highest BCUT2D eigenvalue weighted by Crippen LogP contribution is 2.36. The lowest BCUT2D eigenvalue weighted by Gasteiger charge is -2.42. The van der Waals surface area contributed by atoms with Crippen LogP contribution in [0, 0.1) is 5.92 Å². The molecule has 0 spiro atoms. The Hall–Kier alpha value is -2.73. The summed E-state index contributed by atoms with van der Waals surface area (Å²) in [4.78, 5) is 18.1. The fraction of sp³-hybridized carbons (Fsp3) is 0.480. The number of piperidine rings is 2. The number of ketones is 1. The number of anilines is 1. The third kappa shape index (κ3) is 4.22. The number of rotatable bonds is 5. The van der Waals surface area contributed by atoms with Crippen molar-refractivity contribution in [3.63, 3.8) is 0 Å². The van der Waals surface area contributed by atoms with Crippen molar-refractivity contribution >= 4 is 11.5 Å². The second-order valence-electron chi connectivity index (χ2n) is 8.69. The fourth-order valence-corrected chi connectivity index (χ4v) is 5.14. The van der Waals surface area contributed by atoms with Crippen LogP contribution in [0.2, 0.25) is 0 Å². The van der Waals surface area contributed by atoms with Crippen LogP contribution >= 0.6 is 0 Å². The van der Waals surface area contributed by atoms with Gasteiger partial charge in [0.05, 0.1) is 7.11 Å². The zero-order valence-corrected chi connectivity index (χ0v) is 18.1. The molecular weight excluding hydrogens is 392 g/mol. The maximum Gasteiger partial charge on any atom is 0.231 e. The van der Waals surface area contributed by atoms with Crippen molar-refractivity contribution in [3.8, 4) is 17.2 Å².